The monoisotopic (exact) mass is 260 g/mol. The van der Waals surface area contributed by atoms with E-state index in [1.165, 1.54) is 0 Å². The predicted molar refractivity (Wildman–Crippen MR) is 68.7 cm³/mol. The lowest BCUT2D eigenvalue weighted by Gasteiger charge is -2.08. The molecule has 17 heavy (non-hydrogen) atoms. The number of aromatic hydroxyl groups is 1. The topological polar surface area (TPSA) is 95.6 Å². The lowest BCUT2D eigenvalue weighted by molar-refractivity contribution is -0.138. The Morgan fingerprint density at radius 1 is 1.35 bits per heavy atom. The second-order valence-corrected chi connectivity index (χ2v) is 3.56. The van der Waals surface area contributed by atoms with Crippen LogP contribution in [-0.4, -0.2) is 28.8 Å². The van der Waals surface area contributed by atoms with Gasteiger partial charge in [-0.15, -0.1) is 12.4 Å². The van der Waals surface area contributed by atoms with E-state index in [1.807, 2.05) is 0 Å². The number of phenols is 1. The zero-order valence-electron chi connectivity index (χ0n) is 9.30. The molecule has 1 atom stereocenters. The Morgan fingerprint density at radius 3 is 2.47 bits per heavy atom. The first-order valence-electron chi connectivity index (χ1n) is 5.11. The molecule has 1 aromatic rings. The summed E-state index contributed by atoms with van der Waals surface area (Å²) in [5.41, 5.74) is 6.25. The van der Waals surface area contributed by atoms with Crippen LogP contribution in [0.4, 0.5) is 5.69 Å². The SMILES string of the molecule is Cl.N[C@@H](CCCNc1ccc(O)cc1)C(=O)O. The van der Waals surface area contributed by atoms with Crippen LogP contribution in [0.3, 0.4) is 0 Å². The van der Waals surface area contributed by atoms with Crippen LogP contribution in [0.15, 0.2) is 24.3 Å². The highest BCUT2D eigenvalue weighted by Crippen LogP contribution is 2.13. The molecule has 5 N–H and O–H groups in total. The molecule has 0 radical (unpaired) electrons. The Labute approximate surface area is 106 Å². The van der Waals surface area contributed by atoms with E-state index in [-0.39, 0.29) is 18.2 Å². The fourth-order valence-electron chi connectivity index (χ4n) is 1.26. The largest absolute Gasteiger partial charge is 0.508 e. The predicted octanol–water partition coefficient (Wildman–Crippen LogP) is 1.42. The minimum Gasteiger partial charge on any atom is -0.508 e. The number of phenolic OH excluding ortho intramolecular Hbond substituents is 1. The van der Waals surface area contributed by atoms with Crippen LogP contribution in [0.2, 0.25) is 0 Å². The summed E-state index contributed by atoms with van der Waals surface area (Å²) in [6.07, 6.45) is 1.13. The number of hydrogen-bond donors (Lipinski definition) is 4. The van der Waals surface area contributed by atoms with Crippen LogP contribution in [0.1, 0.15) is 12.8 Å². The van der Waals surface area contributed by atoms with Crippen molar-refractivity contribution in [2.75, 3.05) is 11.9 Å². The van der Waals surface area contributed by atoms with Gasteiger partial charge in [0.15, 0.2) is 0 Å². The zero-order chi connectivity index (χ0) is 12.0. The van der Waals surface area contributed by atoms with E-state index in [4.69, 9.17) is 15.9 Å². The van der Waals surface area contributed by atoms with E-state index in [9.17, 15) is 4.79 Å². The molecule has 0 aliphatic heterocycles. The van der Waals surface area contributed by atoms with Crippen molar-refractivity contribution >= 4 is 24.1 Å². The van der Waals surface area contributed by atoms with Gasteiger partial charge in [0.1, 0.15) is 11.8 Å². The third kappa shape index (κ3) is 5.99. The van der Waals surface area contributed by atoms with Crippen molar-refractivity contribution in [3.63, 3.8) is 0 Å². The van der Waals surface area contributed by atoms with Gasteiger partial charge in [-0.1, -0.05) is 0 Å². The maximum atomic E-state index is 10.4. The fourth-order valence-corrected chi connectivity index (χ4v) is 1.26. The summed E-state index contributed by atoms with van der Waals surface area (Å²) >= 11 is 0. The normalized spacial score (nSPS) is 11.4. The molecule has 5 nitrogen and oxygen atoms in total. The summed E-state index contributed by atoms with van der Waals surface area (Å²) in [6, 6.07) is 5.90. The number of aliphatic carboxylic acids is 1. The van der Waals surface area contributed by atoms with E-state index < -0.39 is 12.0 Å². The summed E-state index contributed by atoms with van der Waals surface area (Å²) in [5.74, 6) is -0.747. The van der Waals surface area contributed by atoms with Gasteiger partial charge in [0, 0.05) is 12.2 Å². The Hall–Kier alpha value is -1.46. The highest BCUT2D eigenvalue weighted by molar-refractivity contribution is 5.85. The average Bonchev–Trinajstić information content (AvgIpc) is 2.26. The smallest absolute Gasteiger partial charge is 0.320 e. The van der Waals surface area contributed by atoms with Crippen LogP contribution in [0.5, 0.6) is 5.75 Å². The van der Waals surface area contributed by atoms with Crippen molar-refractivity contribution < 1.29 is 15.0 Å². The standard InChI is InChI=1S/C11H16N2O3.ClH/c12-10(11(15)16)2-1-7-13-8-3-5-9(14)6-4-8;/h3-6,10,13-14H,1-2,7,12H2,(H,15,16);1H/t10-;/m0./s1. The van der Waals surface area contributed by atoms with E-state index in [0.717, 1.165) is 5.69 Å². The first-order valence-corrected chi connectivity index (χ1v) is 5.11. The van der Waals surface area contributed by atoms with E-state index in [2.05, 4.69) is 5.32 Å². The zero-order valence-corrected chi connectivity index (χ0v) is 10.1. The second kappa shape index (κ2) is 7.76. The number of nitrogens with one attached hydrogen (secondary N) is 1. The summed E-state index contributed by atoms with van der Waals surface area (Å²) in [4.78, 5) is 10.4. The van der Waals surface area contributed by atoms with Gasteiger partial charge in [0.2, 0.25) is 0 Å². The van der Waals surface area contributed by atoms with Crippen molar-refractivity contribution in [3.05, 3.63) is 24.3 Å². The minimum absolute atomic E-state index is 0. The molecule has 0 fully saturated rings. The van der Waals surface area contributed by atoms with Gasteiger partial charge in [0.05, 0.1) is 0 Å². The number of carboxylic acids is 1. The van der Waals surface area contributed by atoms with Gasteiger partial charge in [-0.25, -0.2) is 0 Å². The van der Waals surface area contributed by atoms with Crippen LogP contribution < -0.4 is 11.1 Å². The Kier molecular flexibility index (Phi) is 7.09. The molecule has 0 unspecified atom stereocenters. The maximum Gasteiger partial charge on any atom is 0.320 e. The fraction of sp³-hybridized carbons (Fsp3) is 0.364. The number of carboxylic acid groups (broad SMARTS) is 1. The lowest BCUT2D eigenvalue weighted by atomic mass is 10.1. The molecule has 0 aromatic heterocycles. The quantitative estimate of drug-likeness (QED) is 0.458. The third-order valence-electron chi connectivity index (χ3n) is 2.21. The number of carbonyl (C=O) groups is 1. The second-order valence-electron chi connectivity index (χ2n) is 3.56. The Balaban J connectivity index is 0.00000256. The summed E-state index contributed by atoms with van der Waals surface area (Å²) in [5, 5.41) is 20.7. The van der Waals surface area contributed by atoms with E-state index in [1.54, 1.807) is 24.3 Å². The average molecular weight is 261 g/mol. The Morgan fingerprint density at radius 2 is 1.94 bits per heavy atom. The van der Waals surface area contributed by atoms with Crippen LogP contribution >= 0.6 is 12.4 Å². The molecule has 96 valence electrons. The van der Waals surface area contributed by atoms with Gasteiger partial charge in [0.25, 0.3) is 0 Å². The van der Waals surface area contributed by atoms with Crippen molar-refractivity contribution in [1.29, 1.82) is 0 Å². The minimum atomic E-state index is -0.968. The van der Waals surface area contributed by atoms with Gasteiger partial charge in [-0.05, 0) is 37.1 Å². The first-order chi connectivity index (χ1) is 7.59. The molecule has 0 bridgehead atoms. The van der Waals surface area contributed by atoms with Gasteiger partial charge >= 0.3 is 5.97 Å². The summed E-state index contributed by atoms with van der Waals surface area (Å²) in [6.45, 7) is 0.658. The molecule has 0 heterocycles. The Bertz CT molecular complexity index is 343. The van der Waals surface area contributed by atoms with Crippen LogP contribution in [0, 0.1) is 0 Å². The molecular weight excluding hydrogens is 244 g/mol. The van der Waals surface area contributed by atoms with Crippen LogP contribution in [-0.2, 0) is 4.79 Å². The molecule has 0 saturated heterocycles. The van der Waals surface area contributed by atoms with Crippen molar-refractivity contribution in [2.45, 2.75) is 18.9 Å². The maximum absolute atomic E-state index is 10.4. The molecule has 0 saturated carbocycles. The number of hydrogen-bond acceptors (Lipinski definition) is 4. The van der Waals surface area contributed by atoms with Crippen LogP contribution in [0.25, 0.3) is 0 Å². The molecular formula is C11H17ClN2O3. The van der Waals surface area contributed by atoms with E-state index >= 15 is 0 Å². The summed E-state index contributed by atoms with van der Waals surface area (Å²) < 4.78 is 0. The van der Waals surface area contributed by atoms with Gasteiger partial charge < -0.3 is 21.3 Å². The van der Waals surface area contributed by atoms with Gasteiger partial charge in [-0.2, -0.15) is 0 Å². The number of rotatable bonds is 6. The summed E-state index contributed by atoms with van der Waals surface area (Å²) in [7, 11) is 0. The number of nitrogens with two attached hydrogens (primary N) is 1. The molecule has 1 rings (SSSR count). The highest BCUT2D eigenvalue weighted by Gasteiger charge is 2.09. The highest BCUT2D eigenvalue weighted by atomic mass is 35.5. The first kappa shape index (κ1) is 15.5. The molecule has 1 aromatic carbocycles. The number of halogens is 1. The molecule has 0 spiro atoms. The molecule has 0 amide bonds. The van der Waals surface area contributed by atoms with E-state index in [0.29, 0.717) is 19.4 Å². The van der Waals surface area contributed by atoms with Crippen molar-refractivity contribution in [2.24, 2.45) is 5.73 Å². The van der Waals surface area contributed by atoms with Crippen molar-refractivity contribution in [1.82, 2.24) is 0 Å². The molecule has 0 aliphatic carbocycles. The third-order valence-corrected chi connectivity index (χ3v) is 2.21. The molecule has 6 heteroatoms. The van der Waals surface area contributed by atoms with Gasteiger partial charge in [-0.3, -0.25) is 4.79 Å². The number of anilines is 1. The molecule has 0 aliphatic rings. The lowest BCUT2D eigenvalue weighted by Crippen LogP contribution is -2.30. The van der Waals surface area contributed by atoms with Crippen molar-refractivity contribution in [3.8, 4) is 5.75 Å². The number of benzene rings is 1.